The molecule has 0 radical (unpaired) electrons. The molecule has 1 aromatic carbocycles. The van der Waals surface area contributed by atoms with Crippen LogP contribution in [0.5, 0.6) is 0 Å². The van der Waals surface area contributed by atoms with Gasteiger partial charge in [0.1, 0.15) is 5.82 Å². The Labute approximate surface area is 121 Å². The van der Waals surface area contributed by atoms with Crippen LogP contribution < -0.4 is 4.72 Å². The summed E-state index contributed by atoms with van der Waals surface area (Å²) in [5.74, 6) is -0.577. The summed E-state index contributed by atoms with van der Waals surface area (Å²) in [6.07, 6.45) is 1.35. The zero-order valence-electron chi connectivity index (χ0n) is 10.8. The molecule has 2 aromatic rings. The number of hydrogen-bond acceptors (Lipinski definition) is 3. The van der Waals surface area contributed by atoms with Gasteiger partial charge < -0.3 is 0 Å². The lowest BCUT2D eigenvalue weighted by atomic mass is 10.3. The monoisotopic (exact) mass is 317 g/mol. The fourth-order valence-corrected chi connectivity index (χ4v) is 3.21. The average Bonchev–Trinajstić information content (AvgIpc) is 2.81. The summed E-state index contributed by atoms with van der Waals surface area (Å²) in [6.45, 7) is 3.43. The Morgan fingerprint density at radius 2 is 2.05 bits per heavy atom. The van der Waals surface area contributed by atoms with Crippen LogP contribution in [0.3, 0.4) is 0 Å². The van der Waals surface area contributed by atoms with E-state index in [0.717, 1.165) is 6.07 Å². The topological polar surface area (TPSA) is 64.0 Å². The minimum Gasteiger partial charge on any atom is -0.221 e. The van der Waals surface area contributed by atoms with Gasteiger partial charge in [-0.1, -0.05) is 11.6 Å². The molecule has 108 valence electrons. The standard InChI is InChI=1S/C12H13ClFN3O2S/c1-8(2)16-20(18,19)12-5-6-15-17(12)9-3-4-11(14)10(13)7-9/h3-8,16H,1-2H3. The third kappa shape index (κ3) is 3.00. The summed E-state index contributed by atoms with van der Waals surface area (Å²) >= 11 is 5.70. The summed E-state index contributed by atoms with van der Waals surface area (Å²) in [5.41, 5.74) is 0.366. The fourth-order valence-electron chi connectivity index (χ4n) is 1.68. The minimum atomic E-state index is -3.70. The first-order valence-corrected chi connectivity index (χ1v) is 7.69. The zero-order chi connectivity index (χ0) is 14.9. The second kappa shape index (κ2) is 5.51. The van der Waals surface area contributed by atoms with E-state index in [1.165, 1.54) is 29.1 Å². The minimum absolute atomic E-state index is 0.0334. The van der Waals surface area contributed by atoms with Crippen LogP contribution in [0.1, 0.15) is 13.8 Å². The predicted molar refractivity (Wildman–Crippen MR) is 74.0 cm³/mol. The highest BCUT2D eigenvalue weighted by atomic mass is 35.5. The van der Waals surface area contributed by atoms with Crippen LogP contribution in [-0.2, 0) is 10.0 Å². The third-order valence-corrected chi connectivity index (χ3v) is 4.35. The summed E-state index contributed by atoms with van der Waals surface area (Å²) < 4.78 is 41.1. The Hall–Kier alpha value is -1.44. The van der Waals surface area contributed by atoms with Crippen molar-refractivity contribution in [1.82, 2.24) is 14.5 Å². The van der Waals surface area contributed by atoms with Crippen molar-refractivity contribution in [2.75, 3.05) is 0 Å². The maximum absolute atomic E-state index is 13.2. The van der Waals surface area contributed by atoms with E-state index in [2.05, 4.69) is 9.82 Å². The molecule has 0 aliphatic heterocycles. The third-order valence-electron chi connectivity index (χ3n) is 2.42. The number of aromatic nitrogens is 2. The van der Waals surface area contributed by atoms with Crippen molar-refractivity contribution in [2.24, 2.45) is 0 Å². The number of halogens is 2. The van der Waals surface area contributed by atoms with Crippen molar-refractivity contribution >= 4 is 21.6 Å². The zero-order valence-corrected chi connectivity index (χ0v) is 12.4. The molecule has 0 bridgehead atoms. The van der Waals surface area contributed by atoms with Gasteiger partial charge in [0.05, 0.1) is 16.9 Å². The van der Waals surface area contributed by atoms with Gasteiger partial charge in [-0.2, -0.15) is 5.10 Å². The maximum atomic E-state index is 13.2. The molecule has 1 heterocycles. The number of nitrogens with one attached hydrogen (secondary N) is 1. The van der Waals surface area contributed by atoms with Crippen molar-refractivity contribution in [1.29, 1.82) is 0 Å². The van der Waals surface area contributed by atoms with Gasteiger partial charge in [0.15, 0.2) is 5.03 Å². The van der Waals surface area contributed by atoms with Crippen molar-refractivity contribution in [3.8, 4) is 5.69 Å². The number of nitrogens with zero attached hydrogens (tertiary/aromatic N) is 2. The quantitative estimate of drug-likeness (QED) is 0.941. The summed E-state index contributed by atoms with van der Waals surface area (Å²) in [6, 6.07) is 4.99. The molecule has 2 rings (SSSR count). The summed E-state index contributed by atoms with van der Waals surface area (Å²) in [4.78, 5) is 0. The van der Waals surface area contributed by atoms with Crippen LogP contribution in [-0.4, -0.2) is 24.2 Å². The van der Waals surface area contributed by atoms with Crippen LogP contribution in [0, 0.1) is 5.82 Å². The lowest BCUT2D eigenvalue weighted by Crippen LogP contribution is -2.31. The van der Waals surface area contributed by atoms with E-state index in [4.69, 9.17) is 11.6 Å². The van der Waals surface area contributed by atoms with Gasteiger partial charge in [-0.3, -0.25) is 0 Å². The van der Waals surface area contributed by atoms with Crippen molar-refractivity contribution in [3.05, 3.63) is 41.3 Å². The number of sulfonamides is 1. The molecular formula is C12H13ClFN3O2S. The molecule has 0 fully saturated rings. The fraction of sp³-hybridized carbons (Fsp3) is 0.250. The van der Waals surface area contributed by atoms with E-state index in [1.54, 1.807) is 13.8 Å². The molecule has 0 aliphatic carbocycles. The first-order chi connectivity index (χ1) is 9.31. The van der Waals surface area contributed by atoms with Gasteiger partial charge in [0.25, 0.3) is 10.0 Å². The van der Waals surface area contributed by atoms with E-state index in [-0.39, 0.29) is 16.1 Å². The highest BCUT2D eigenvalue weighted by Gasteiger charge is 2.21. The molecule has 1 N–H and O–H groups in total. The van der Waals surface area contributed by atoms with Crippen molar-refractivity contribution in [2.45, 2.75) is 24.9 Å². The Balaban J connectivity index is 2.50. The van der Waals surface area contributed by atoms with Crippen molar-refractivity contribution in [3.63, 3.8) is 0 Å². The average molecular weight is 318 g/mol. The lowest BCUT2D eigenvalue weighted by molar-refractivity contribution is 0.560. The molecule has 8 heteroatoms. The smallest absolute Gasteiger partial charge is 0.221 e. The second-order valence-corrected chi connectivity index (χ2v) is 6.52. The van der Waals surface area contributed by atoms with E-state index >= 15 is 0 Å². The van der Waals surface area contributed by atoms with Gasteiger partial charge >= 0.3 is 0 Å². The SMILES string of the molecule is CC(C)NS(=O)(=O)c1ccnn1-c1ccc(F)c(Cl)c1. The summed E-state index contributed by atoms with van der Waals surface area (Å²) in [7, 11) is -3.70. The predicted octanol–water partition coefficient (Wildman–Crippen LogP) is 2.35. The number of hydrogen-bond donors (Lipinski definition) is 1. The van der Waals surface area contributed by atoms with Crippen molar-refractivity contribution < 1.29 is 12.8 Å². The molecule has 1 aromatic heterocycles. The molecule has 0 aliphatic rings. The van der Waals surface area contributed by atoms with Gasteiger partial charge in [0.2, 0.25) is 0 Å². The Morgan fingerprint density at radius 3 is 2.65 bits per heavy atom. The van der Waals surface area contributed by atoms with Gasteiger partial charge in [-0.05, 0) is 38.1 Å². The Morgan fingerprint density at radius 1 is 1.35 bits per heavy atom. The maximum Gasteiger partial charge on any atom is 0.258 e. The Bertz CT molecular complexity index is 728. The molecule has 5 nitrogen and oxygen atoms in total. The first kappa shape index (κ1) is 15.0. The van der Waals surface area contributed by atoms with Crippen LogP contribution in [0.4, 0.5) is 4.39 Å². The van der Waals surface area contributed by atoms with Gasteiger partial charge in [-0.15, -0.1) is 0 Å². The molecule has 0 spiro atoms. The van der Waals surface area contributed by atoms with E-state index in [1.807, 2.05) is 0 Å². The van der Waals surface area contributed by atoms with E-state index in [9.17, 15) is 12.8 Å². The van der Waals surface area contributed by atoms with Crippen LogP contribution in [0.25, 0.3) is 5.69 Å². The largest absolute Gasteiger partial charge is 0.258 e. The normalized spacial score (nSPS) is 12.1. The van der Waals surface area contributed by atoms with Gasteiger partial charge in [0, 0.05) is 6.04 Å². The highest BCUT2D eigenvalue weighted by molar-refractivity contribution is 7.89. The molecule has 0 atom stereocenters. The first-order valence-electron chi connectivity index (χ1n) is 5.83. The van der Waals surface area contributed by atoms with Crippen LogP contribution in [0.15, 0.2) is 35.5 Å². The van der Waals surface area contributed by atoms with E-state index in [0.29, 0.717) is 5.69 Å². The lowest BCUT2D eigenvalue weighted by Gasteiger charge is -2.11. The molecule has 0 saturated heterocycles. The summed E-state index contributed by atoms with van der Waals surface area (Å²) in [5, 5.41) is 3.81. The van der Waals surface area contributed by atoms with E-state index < -0.39 is 15.8 Å². The van der Waals surface area contributed by atoms with Gasteiger partial charge in [-0.25, -0.2) is 22.2 Å². The second-order valence-electron chi connectivity index (χ2n) is 4.46. The molecule has 0 saturated carbocycles. The molecule has 0 unspecified atom stereocenters. The Kier molecular flexibility index (Phi) is 4.12. The highest BCUT2D eigenvalue weighted by Crippen LogP contribution is 2.21. The molecule has 0 amide bonds. The van der Waals surface area contributed by atoms with Crippen LogP contribution >= 0.6 is 11.6 Å². The number of benzene rings is 1. The van der Waals surface area contributed by atoms with Crippen LogP contribution in [0.2, 0.25) is 5.02 Å². The number of rotatable bonds is 4. The molecular weight excluding hydrogens is 305 g/mol. The molecule has 20 heavy (non-hydrogen) atoms.